The standard InChI is InChI=1S/C32H51N/c1-4-5-6-7-8-9-10-11-12-13-14-15-16-23-28-32(31(2,3)33,29-24-19-17-20-25-29)30-26-21-18-22-27-30/h17-22,24-27H,4-16,23,28,33H2,1-3H3. The summed E-state index contributed by atoms with van der Waals surface area (Å²) in [6, 6.07) is 21.9. The van der Waals surface area contributed by atoms with Crippen LogP contribution in [0.4, 0.5) is 0 Å². The number of hydrogen-bond donors (Lipinski definition) is 1. The zero-order valence-electron chi connectivity index (χ0n) is 22.0. The Kier molecular flexibility index (Phi) is 12.8. The van der Waals surface area contributed by atoms with Gasteiger partial charge in [0.05, 0.1) is 0 Å². The third-order valence-electron chi connectivity index (χ3n) is 7.54. The van der Waals surface area contributed by atoms with Crippen LogP contribution in [-0.4, -0.2) is 5.54 Å². The fourth-order valence-corrected chi connectivity index (χ4v) is 5.55. The van der Waals surface area contributed by atoms with Crippen molar-refractivity contribution in [2.45, 2.75) is 128 Å². The van der Waals surface area contributed by atoms with Gasteiger partial charge < -0.3 is 5.73 Å². The Morgan fingerprint density at radius 2 is 0.848 bits per heavy atom. The number of hydrogen-bond acceptors (Lipinski definition) is 1. The van der Waals surface area contributed by atoms with Gasteiger partial charge in [-0.15, -0.1) is 0 Å². The molecule has 2 aromatic carbocycles. The monoisotopic (exact) mass is 449 g/mol. The van der Waals surface area contributed by atoms with Crippen LogP contribution in [0.25, 0.3) is 0 Å². The number of unbranched alkanes of at least 4 members (excludes halogenated alkanes) is 13. The SMILES string of the molecule is CCCCCCCCCCCCCCCCC(c1ccccc1)(c1ccccc1)C(C)(C)N. The van der Waals surface area contributed by atoms with Gasteiger partial charge in [0.2, 0.25) is 0 Å². The Hall–Kier alpha value is -1.60. The molecule has 0 aliphatic rings. The van der Waals surface area contributed by atoms with E-state index in [-0.39, 0.29) is 11.0 Å². The lowest BCUT2D eigenvalue weighted by Gasteiger charge is -2.46. The van der Waals surface area contributed by atoms with E-state index in [1.807, 2.05) is 0 Å². The molecule has 2 aromatic rings. The number of nitrogens with two attached hydrogens (primary N) is 1. The van der Waals surface area contributed by atoms with Crippen molar-refractivity contribution in [1.29, 1.82) is 0 Å². The molecule has 33 heavy (non-hydrogen) atoms. The molecule has 0 aliphatic heterocycles. The Labute approximate surface area is 205 Å². The summed E-state index contributed by atoms with van der Waals surface area (Å²) in [5.74, 6) is 0. The summed E-state index contributed by atoms with van der Waals surface area (Å²) in [6.07, 6.45) is 20.6. The summed E-state index contributed by atoms with van der Waals surface area (Å²) in [5.41, 5.74) is 9.12. The van der Waals surface area contributed by atoms with E-state index in [1.165, 1.54) is 101 Å². The average molecular weight is 450 g/mol. The van der Waals surface area contributed by atoms with E-state index in [4.69, 9.17) is 5.73 Å². The zero-order chi connectivity index (χ0) is 23.8. The fraction of sp³-hybridized carbons (Fsp3) is 0.625. The second kappa shape index (κ2) is 15.3. The Morgan fingerprint density at radius 3 is 1.18 bits per heavy atom. The summed E-state index contributed by atoms with van der Waals surface area (Å²) in [4.78, 5) is 0. The van der Waals surface area contributed by atoms with Crippen molar-refractivity contribution in [3.8, 4) is 0 Å². The van der Waals surface area contributed by atoms with Crippen LogP contribution in [0.3, 0.4) is 0 Å². The first kappa shape index (κ1) is 27.6. The van der Waals surface area contributed by atoms with E-state index in [9.17, 15) is 0 Å². The van der Waals surface area contributed by atoms with Crippen molar-refractivity contribution in [1.82, 2.24) is 0 Å². The highest BCUT2D eigenvalue weighted by Gasteiger charge is 2.44. The predicted octanol–water partition coefficient (Wildman–Crippen LogP) is 9.58. The summed E-state index contributed by atoms with van der Waals surface area (Å²) < 4.78 is 0. The first-order chi connectivity index (χ1) is 16.0. The summed E-state index contributed by atoms with van der Waals surface area (Å²) in [6.45, 7) is 6.70. The third-order valence-corrected chi connectivity index (χ3v) is 7.54. The fourth-order valence-electron chi connectivity index (χ4n) is 5.55. The largest absolute Gasteiger partial charge is 0.324 e. The highest BCUT2D eigenvalue weighted by Crippen LogP contribution is 2.44. The molecule has 0 atom stereocenters. The highest BCUT2D eigenvalue weighted by atomic mass is 14.8. The van der Waals surface area contributed by atoms with Gasteiger partial charge >= 0.3 is 0 Å². The maximum absolute atomic E-state index is 6.93. The molecule has 184 valence electrons. The van der Waals surface area contributed by atoms with Gasteiger partial charge in [-0.1, -0.05) is 157 Å². The van der Waals surface area contributed by atoms with Crippen molar-refractivity contribution < 1.29 is 0 Å². The first-order valence-electron chi connectivity index (χ1n) is 13.9. The molecule has 0 aliphatic carbocycles. The smallest absolute Gasteiger partial charge is 0.0376 e. The number of benzene rings is 2. The van der Waals surface area contributed by atoms with E-state index in [2.05, 4.69) is 81.4 Å². The molecule has 0 heterocycles. The quantitative estimate of drug-likeness (QED) is 0.225. The van der Waals surface area contributed by atoms with Crippen LogP contribution >= 0.6 is 0 Å². The molecule has 0 bridgehead atoms. The van der Waals surface area contributed by atoms with Crippen molar-refractivity contribution in [3.63, 3.8) is 0 Å². The topological polar surface area (TPSA) is 26.0 Å². The van der Waals surface area contributed by atoms with Gasteiger partial charge in [-0.25, -0.2) is 0 Å². The summed E-state index contributed by atoms with van der Waals surface area (Å²) in [5, 5.41) is 0. The van der Waals surface area contributed by atoms with Gasteiger partial charge in [0, 0.05) is 11.0 Å². The van der Waals surface area contributed by atoms with Crippen LogP contribution in [0, 0.1) is 0 Å². The molecule has 0 saturated carbocycles. The van der Waals surface area contributed by atoms with E-state index < -0.39 is 0 Å². The lowest BCUT2D eigenvalue weighted by atomic mass is 9.60. The van der Waals surface area contributed by atoms with Gasteiger partial charge in [-0.3, -0.25) is 0 Å². The van der Waals surface area contributed by atoms with Gasteiger partial charge in [-0.05, 0) is 31.4 Å². The van der Waals surface area contributed by atoms with Gasteiger partial charge in [-0.2, -0.15) is 0 Å². The molecule has 0 saturated heterocycles. The van der Waals surface area contributed by atoms with Crippen molar-refractivity contribution in [3.05, 3.63) is 71.8 Å². The molecule has 2 rings (SSSR count). The van der Waals surface area contributed by atoms with Crippen molar-refractivity contribution >= 4 is 0 Å². The molecular weight excluding hydrogens is 398 g/mol. The Morgan fingerprint density at radius 1 is 0.515 bits per heavy atom. The van der Waals surface area contributed by atoms with E-state index in [0.717, 1.165) is 6.42 Å². The van der Waals surface area contributed by atoms with Crippen LogP contribution in [-0.2, 0) is 5.41 Å². The van der Waals surface area contributed by atoms with E-state index in [1.54, 1.807) is 0 Å². The number of rotatable bonds is 18. The van der Waals surface area contributed by atoms with Crippen LogP contribution in [0.2, 0.25) is 0 Å². The highest BCUT2D eigenvalue weighted by molar-refractivity contribution is 5.43. The molecule has 0 radical (unpaired) electrons. The zero-order valence-corrected chi connectivity index (χ0v) is 22.0. The molecule has 0 spiro atoms. The minimum Gasteiger partial charge on any atom is -0.324 e. The predicted molar refractivity (Wildman–Crippen MR) is 147 cm³/mol. The molecule has 1 heteroatoms. The maximum Gasteiger partial charge on any atom is 0.0376 e. The van der Waals surface area contributed by atoms with Gasteiger partial charge in [0.25, 0.3) is 0 Å². The van der Waals surface area contributed by atoms with Crippen LogP contribution in [0.15, 0.2) is 60.7 Å². The summed E-state index contributed by atoms with van der Waals surface area (Å²) in [7, 11) is 0. The van der Waals surface area contributed by atoms with Crippen LogP contribution in [0.5, 0.6) is 0 Å². The maximum atomic E-state index is 6.93. The van der Waals surface area contributed by atoms with Gasteiger partial charge in [0.15, 0.2) is 0 Å². The lowest BCUT2D eigenvalue weighted by Crippen LogP contribution is -2.54. The van der Waals surface area contributed by atoms with Crippen molar-refractivity contribution in [2.75, 3.05) is 0 Å². The average Bonchev–Trinajstić information content (AvgIpc) is 2.82. The second-order valence-electron chi connectivity index (χ2n) is 10.7. The van der Waals surface area contributed by atoms with Gasteiger partial charge in [0.1, 0.15) is 0 Å². The van der Waals surface area contributed by atoms with Crippen LogP contribution < -0.4 is 5.73 Å². The Bertz CT molecular complexity index is 674. The minimum absolute atomic E-state index is 0.160. The summed E-state index contributed by atoms with van der Waals surface area (Å²) >= 11 is 0. The molecule has 2 N–H and O–H groups in total. The van der Waals surface area contributed by atoms with E-state index in [0.29, 0.717) is 0 Å². The van der Waals surface area contributed by atoms with E-state index >= 15 is 0 Å². The van der Waals surface area contributed by atoms with Crippen molar-refractivity contribution in [2.24, 2.45) is 5.73 Å². The Balaban J connectivity index is 1.77. The second-order valence-corrected chi connectivity index (χ2v) is 10.7. The normalized spacial score (nSPS) is 12.2. The lowest BCUT2D eigenvalue weighted by molar-refractivity contribution is 0.278. The molecule has 1 nitrogen and oxygen atoms in total. The van der Waals surface area contributed by atoms with Crippen LogP contribution in [0.1, 0.15) is 128 Å². The molecule has 0 aromatic heterocycles. The minimum atomic E-state index is -0.341. The molecule has 0 fully saturated rings. The molecular formula is C32H51N. The molecule has 0 unspecified atom stereocenters. The third kappa shape index (κ3) is 8.93. The molecule has 0 amide bonds. The first-order valence-corrected chi connectivity index (χ1v) is 13.9.